The van der Waals surface area contributed by atoms with Crippen molar-refractivity contribution in [2.24, 2.45) is 5.73 Å². The Morgan fingerprint density at radius 2 is 2.00 bits per heavy atom. The molecule has 0 fully saturated rings. The van der Waals surface area contributed by atoms with E-state index in [9.17, 15) is 9.59 Å². The number of methoxy groups -OCH3 is 2. The third-order valence-corrected chi connectivity index (χ3v) is 6.21. The summed E-state index contributed by atoms with van der Waals surface area (Å²) < 4.78 is 23.1. The van der Waals surface area contributed by atoms with Crippen molar-refractivity contribution in [3.63, 3.8) is 0 Å². The Balaban J connectivity index is 1.76. The predicted molar refractivity (Wildman–Crippen MR) is 124 cm³/mol. The number of carbonyl (C=O) groups is 2. The van der Waals surface area contributed by atoms with Crippen molar-refractivity contribution < 1.29 is 28.5 Å². The SMILES string of the molecule is COC(=O)C1=C(N)OC2=C(C(=O)CCC2)[C@@H]1c1ccc(OC)c(COc2cccc(Br)c2)c1. The smallest absolute Gasteiger partial charge is 0.340 e. The van der Waals surface area contributed by atoms with E-state index in [0.717, 1.165) is 10.0 Å². The maximum Gasteiger partial charge on any atom is 0.340 e. The molecule has 0 unspecified atom stereocenters. The molecule has 172 valence electrons. The quantitative estimate of drug-likeness (QED) is 0.567. The van der Waals surface area contributed by atoms with Crippen molar-refractivity contribution in [2.75, 3.05) is 14.2 Å². The molecule has 0 saturated heterocycles. The highest BCUT2D eigenvalue weighted by molar-refractivity contribution is 9.10. The number of ether oxygens (including phenoxy) is 4. The molecule has 2 N–H and O–H groups in total. The highest BCUT2D eigenvalue weighted by Gasteiger charge is 2.41. The van der Waals surface area contributed by atoms with Gasteiger partial charge in [0.05, 0.1) is 20.1 Å². The summed E-state index contributed by atoms with van der Waals surface area (Å²) in [5.41, 5.74) is 8.18. The van der Waals surface area contributed by atoms with Gasteiger partial charge < -0.3 is 24.7 Å². The van der Waals surface area contributed by atoms with Crippen molar-refractivity contribution in [3.8, 4) is 11.5 Å². The molecule has 2 aromatic carbocycles. The minimum Gasteiger partial charge on any atom is -0.496 e. The Labute approximate surface area is 200 Å². The van der Waals surface area contributed by atoms with E-state index in [0.29, 0.717) is 47.7 Å². The molecule has 0 spiro atoms. The summed E-state index contributed by atoms with van der Waals surface area (Å²) in [5.74, 6) is 0.413. The average molecular weight is 514 g/mol. The fraction of sp³-hybridized carbons (Fsp3) is 0.280. The lowest BCUT2D eigenvalue weighted by Gasteiger charge is -2.32. The van der Waals surface area contributed by atoms with E-state index in [2.05, 4.69) is 15.9 Å². The molecule has 7 nitrogen and oxygen atoms in total. The van der Waals surface area contributed by atoms with E-state index >= 15 is 0 Å². The molecule has 33 heavy (non-hydrogen) atoms. The number of ketones is 1. The van der Waals surface area contributed by atoms with Gasteiger partial charge in [0, 0.05) is 28.5 Å². The molecule has 2 aliphatic rings. The molecule has 1 heterocycles. The van der Waals surface area contributed by atoms with Crippen LogP contribution in [0.5, 0.6) is 11.5 Å². The van der Waals surface area contributed by atoms with Gasteiger partial charge in [0.2, 0.25) is 5.88 Å². The van der Waals surface area contributed by atoms with E-state index in [-0.39, 0.29) is 23.8 Å². The summed E-state index contributed by atoms with van der Waals surface area (Å²) in [7, 11) is 2.85. The van der Waals surface area contributed by atoms with Gasteiger partial charge in [-0.15, -0.1) is 0 Å². The number of hydrogen-bond donors (Lipinski definition) is 1. The number of Topliss-reactive ketones (excluding diaryl/α,β-unsaturated/α-hetero) is 1. The number of carbonyl (C=O) groups excluding carboxylic acids is 2. The number of allylic oxidation sites excluding steroid dienone is 2. The van der Waals surface area contributed by atoms with Gasteiger partial charge in [0.25, 0.3) is 0 Å². The summed E-state index contributed by atoms with van der Waals surface area (Å²) in [6.07, 6.45) is 1.66. The fourth-order valence-electron chi connectivity index (χ4n) is 4.21. The predicted octanol–water partition coefficient (Wildman–Crippen LogP) is 4.50. The number of halogens is 1. The summed E-state index contributed by atoms with van der Waals surface area (Å²) in [5, 5.41) is 0. The van der Waals surface area contributed by atoms with E-state index in [1.807, 2.05) is 36.4 Å². The number of hydrogen-bond acceptors (Lipinski definition) is 7. The Morgan fingerprint density at radius 1 is 1.18 bits per heavy atom. The molecule has 8 heteroatoms. The van der Waals surface area contributed by atoms with Gasteiger partial charge in [-0.3, -0.25) is 4.79 Å². The second-order valence-corrected chi connectivity index (χ2v) is 8.65. The summed E-state index contributed by atoms with van der Waals surface area (Å²) >= 11 is 3.44. The van der Waals surface area contributed by atoms with Crippen LogP contribution in [0.15, 0.2) is 69.7 Å². The molecule has 0 bridgehead atoms. The zero-order valence-electron chi connectivity index (χ0n) is 18.4. The third kappa shape index (κ3) is 4.61. The molecule has 1 atom stereocenters. The molecule has 1 aliphatic carbocycles. The van der Waals surface area contributed by atoms with Crippen LogP contribution in [0.25, 0.3) is 0 Å². The van der Waals surface area contributed by atoms with Crippen LogP contribution in [0.1, 0.15) is 36.3 Å². The van der Waals surface area contributed by atoms with Crippen LogP contribution in [0.2, 0.25) is 0 Å². The molecule has 1 aliphatic heterocycles. The molecule has 4 rings (SSSR count). The lowest BCUT2D eigenvalue weighted by Crippen LogP contribution is -2.31. The van der Waals surface area contributed by atoms with Gasteiger partial charge in [0.15, 0.2) is 5.78 Å². The minimum absolute atomic E-state index is 0.0388. The van der Waals surface area contributed by atoms with E-state index in [4.69, 9.17) is 24.7 Å². The number of rotatable bonds is 6. The normalized spacial score (nSPS) is 17.9. The second-order valence-electron chi connectivity index (χ2n) is 7.74. The summed E-state index contributed by atoms with van der Waals surface area (Å²) in [6.45, 7) is 0.225. The van der Waals surface area contributed by atoms with Crippen LogP contribution in [-0.4, -0.2) is 26.0 Å². The standard InChI is InChI=1S/C25H24BrNO6/c1-30-19-10-9-14(11-15(19)13-32-17-6-3-5-16(26)12-17)21-22-18(28)7-4-8-20(22)33-24(27)23(21)25(29)31-2/h3,5-6,9-12,21H,4,7-8,13,27H2,1-2H3/t21-/m0/s1. The summed E-state index contributed by atoms with van der Waals surface area (Å²) in [6, 6.07) is 13.0. The Hall–Kier alpha value is -3.26. The van der Waals surface area contributed by atoms with Crippen LogP contribution in [0, 0.1) is 0 Å². The lowest BCUT2D eigenvalue weighted by atomic mass is 9.77. The van der Waals surface area contributed by atoms with Crippen LogP contribution in [0.3, 0.4) is 0 Å². The maximum atomic E-state index is 12.9. The number of esters is 1. The molecular formula is C25H24BrNO6. The zero-order valence-corrected chi connectivity index (χ0v) is 19.9. The summed E-state index contributed by atoms with van der Waals surface area (Å²) in [4.78, 5) is 25.6. The van der Waals surface area contributed by atoms with Gasteiger partial charge in [-0.2, -0.15) is 0 Å². The third-order valence-electron chi connectivity index (χ3n) is 5.72. The first-order chi connectivity index (χ1) is 15.9. The van der Waals surface area contributed by atoms with E-state index in [1.165, 1.54) is 7.11 Å². The monoisotopic (exact) mass is 513 g/mol. The molecule has 0 aromatic heterocycles. The largest absolute Gasteiger partial charge is 0.496 e. The molecular weight excluding hydrogens is 490 g/mol. The van der Waals surface area contributed by atoms with Crippen molar-refractivity contribution >= 4 is 27.7 Å². The topological polar surface area (TPSA) is 97.1 Å². The van der Waals surface area contributed by atoms with Crippen LogP contribution in [-0.2, 0) is 25.7 Å². The number of benzene rings is 2. The lowest BCUT2D eigenvalue weighted by molar-refractivity contribution is -0.136. The first-order valence-electron chi connectivity index (χ1n) is 10.5. The van der Waals surface area contributed by atoms with Crippen LogP contribution < -0.4 is 15.2 Å². The van der Waals surface area contributed by atoms with Crippen molar-refractivity contribution in [3.05, 3.63) is 80.9 Å². The van der Waals surface area contributed by atoms with Gasteiger partial charge >= 0.3 is 5.97 Å². The highest BCUT2D eigenvalue weighted by atomic mass is 79.9. The van der Waals surface area contributed by atoms with Gasteiger partial charge in [-0.05, 0) is 42.3 Å². The molecule has 0 amide bonds. The molecule has 0 saturated carbocycles. The Kier molecular flexibility index (Phi) is 6.74. The number of nitrogens with two attached hydrogens (primary N) is 1. The minimum atomic E-state index is -0.690. The van der Waals surface area contributed by atoms with Crippen molar-refractivity contribution in [1.29, 1.82) is 0 Å². The highest BCUT2D eigenvalue weighted by Crippen LogP contribution is 2.44. The second kappa shape index (κ2) is 9.70. The van der Waals surface area contributed by atoms with E-state index in [1.54, 1.807) is 13.2 Å². The molecule has 0 radical (unpaired) electrons. The molecule has 2 aromatic rings. The first kappa shape index (κ1) is 22.9. The first-order valence-corrected chi connectivity index (χ1v) is 11.3. The zero-order chi connectivity index (χ0) is 23.5. The van der Waals surface area contributed by atoms with Crippen LogP contribution in [0.4, 0.5) is 0 Å². The Bertz CT molecular complexity index is 1170. The fourth-order valence-corrected chi connectivity index (χ4v) is 4.59. The maximum absolute atomic E-state index is 12.9. The van der Waals surface area contributed by atoms with Crippen molar-refractivity contribution in [1.82, 2.24) is 0 Å². The average Bonchev–Trinajstić information content (AvgIpc) is 2.81. The van der Waals surface area contributed by atoms with Crippen LogP contribution >= 0.6 is 15.9 Å². The van der Waals surface area contributed by atoms with Crippen molar-refractivity contribution in [2.45, 2.75) is 31.8 Å². The van der Waals surface area contributed by atoms with Gasteiger partial charge in [-0.25, -0.2) is 4.79 Å². The van der Waals surface area contributed by atoms with Gasteiger partial charge in [-0.1, -0.05) is 28.1 Å². The van der Waals surface area contributed by atoms with E-state index < -0.39 is 11.9 Å². The van der Waals surface area contributed by atoms with Gasteiger partial charge in [0.1, 0.15) is 29.4 Å². The Morgan fingerprint density at radius 3 is 2.73 bits per heavy atom.